The zero-order chi connectivity index (χ0) is 15.2. The minimum absolute atomic E-state index is 0.00517. The Balaban J connectivity index is 2.76. The van der Waals surface area contributed by atoms with Crippen molar-refractivity contribution in [2.45, 2.75) is 25.6 Å². The quantitative estimate of drug-likeness (QED) is 0.760. The van der Waals surface area contributed by atoms with Crippen LogP contribution in [0.5, 0.6) is 5.75 Å². The summed E-state index contributed by atoms with van der Waals surface area (Å²) in [5.74, 6) is -1.36. The van der Waals surface area contributed by atoms with Gasteiger partial charge in [-0.05, 0) is 24.6 Å². The van der Waals surface area contributed by atoms with Gasteiger partial charge in [-0.15, -0.1) is 0 Å². The van der Waals surface area contributed by atoms with Gasteiger partial charge in [-0.1, -0.05) is 6.92 Å². The van der Waals surface area contributed by atoms with Gasteiger partial charge in [0.2, 0.25) is 0 Å². The molecular formula is C13H17F4NO2. The number of rotatable bonds is 7. The van der Waals surface area contributed by atoms with Gasteiger partial charge < -0.3 is 15.2 Å². The highest BCUT2D eigenvalue weighted by Gasteiger charge is 2.35. The fraction of sp³-hybridized carbons (Fsp3) is 0.538. The molecule has 1 aromatic carbocycles. The number of ether oxygens (including phenoxy) is 1. The molecular weight excluding hydrogens is 278 g/mol. The summed E-state index contributed by atoms with van der Waals surface area (Å²) in [5.41, 5.74) is -1.13. The van der Waals surface area contributed by atoms with E-state index in [2.05, 4.69) is 5.32 Å². The molecule has 1 atom stereocenters. The molecule has 0 aromatic heterocycles. The Morgan fingerprint density at radius 3 is 2.60 bits per heavy atom. The van der Waals surface area contributed by atoms with Crippen molar-refractivity contribution >= 4 is 0 Å². The van der Waals surface area contributed by atoms with Crippen LogP contribution in [0.2, 0.25) is 0 Å². The van der Waals surface area contributed by atoms with Crippen LogP contribution in [0.25, 0.3) is 0 Å². The van der Waals surface area contributed by atoms with Crippen molar-refractivity contribution in [3.63, 3.8) is 0 Å². The molecule has 0 spiro atoms. The lowest BCUT2D eigenvalue weighted by atomic mass is 10.2. The van der Waals surface area contributed by atoms with E-state index in [9.17, 15) is 17.6 Å². The van der Waals surface area contributed by atoms with Crippen LogP contribution in [0.1, 0.15) is 18.9 Å². The third kappa shape index (κ3) is 4.97. The number of nitrogens with one attached hydrogen (secondary N) is 1. The molecule has 114 valence electrons. The fourth-order valence-electron chi connectivity index (χ4n) is 1.63. The Labute approximate surface area is 114 Å². The van der Waals surface area contributed by atoms with Gasteiger partial charge in [-0.2, -0.15) is 13.2 Å². The minimum atomic E-state index is -4.67. The molecule has 0 radical (unpaired) electrons. The predicted molar refractivity (Wildman–Crippen MR) is 66.1 cm³/mol. The lowest BCUT2D eigenvalue weighted by Gasteiger charge is -2.19. The van der Waals surface area contributed by atoms with Crippen LogP contribution in [0, 0.1) is 5.82 Å². The summed E-state index contributed by atoms with van der Waals surface area (Å²) in [6.45, 7) is 2.11. The summed E-state index contributed by atoms with van der Waals surface area (Å²) in [6.07, 6.45) is -4.04. The third-order valence-corrected chi connectivity index (χ3v) is 2.72. The van der Waals surface area contributed by atoms with Gasteiger partial charge in [-0.25, -0.2) is 4.39 Å². The maximum atomic E-state index is 12.9. The molecule has 0 aliphatic heterocycles. The van der Waals surface area contributed by atoms with Crippen molar-refractivity contribution in [1.82, 2.24) is 5.32 Å². The van der Waals surface area contributed by atoms with Crippen LogP contribution in [-0.4, -0.2) is 30.9 Å². The molecule has 1 aromatic rings. The van der Waals surface area contributed by atoms with Crippen molar-refractivity contribution < 1.29 is 27.4 Å². The van der Waals surface area contributed by atoms with E-state index in [0.29, 0.717) is 19.0 Å². The Hall–Kier alpha value is -1.34. The van der Waals surface area contributed by atoms with Gasteiger partial charge in [0.05, 0.1) is 6.61 Å². The van der Waals surface area contributed by atoms with Crippen molar-refractivity contribution in [2.75, 3.05) is 19.8 Å². The van der Waals surface area contributed by atoms with Gasteiger partial charge in [0.1, 0.15) is 23.7 Å². The van der Waals surface area contributed by atoms with Gasteiger partial charge in [0, 0.05) is 12.6 Å². The number of hydrogen-bond acceptors (Lipinski definition) is 3. The van der Waals surface area contributed by atoms with Crippen LogP contribution in [0.15, 0.2) is 18.2 Å². The SMILES string of the molecule is CC[C@@H](COc1ccc(F)cc1C(F)(F)F)NCCO. The molecule has 0 amide bonds. The van der Waals surface area contributed by atoms with Crippen molar-refractivity contribution in [1.29, 1.82) is 0 Å². The fourth-order valence-corrected chi connectivity index (χ4v) is 1.63. The van der Waals surface area contributed by atoms with Crippen molar-refractivity contribution in [3.05, 3.63) is 29.6 Å². The number of halogens is 4. The van der Waals surface area contributed by atoms with Crippen molar-refractivity contribution in [2.24, 2.45) is 0 Å². The first-order chi connectivity index (χ1) is 9.38. The van der Waals surface area contributed by atoms with E-state index in [1.165, 1.54) is 0 Å². The molecule has 0 saturated carbocycles. The molecule has 0 aliphatic rings. The average Bonchev–Trinajstić information content (AvgIpc) is 2.39. The normalized spacial score (nSPS) is 13.3. The highest BCUT2D eigenvalue weighted by Crippen LogP contribution is 2.36. The first-order valence-corrected chi connectivity index (χ1v) is 6.22. The zero-order valence-electron chi connectivity index (χ0n) is 11.0. The van der Waals surface area contributed by atoms with Gasteiger partial charge >= 0.3 is 6.18 Å². The van der Waals surface area contributed by atoms with E-state index in [1.54, 1.807) is 0 Å². The summed E-state index contributed by atoms with van der Waals surface area (Å²) in [7, 11) is 0. The average molecular weight is 295 g/mol. The summed E-state index contributed by atoms with van der Waals surface area (Å²) in [5, 5.41) is 11.6. The molecule has 0 bridgehead atoms. The summed E-state index contributed by atoms with van der Waals surface area (Å²) < 4.78 is 56.3. The molecule has 7 heteroatoms. The van der Waals surface area contributed by atoms with E-state index in [4.69, 9.17) is 9.84 Å². The van der Waals surface area contributed by atoms with Gasteiger partial charge in [-0.3, -0.25) is 0 Å². The Morgan fingerprint density at radius 1 is 1.35 bits per heavy atom. The Kier molecular flexibility index (Phi) is 6.22. The standard InChI is InChI=1S/C13H17F4NO2/c1-2-10(18-5-6-19)8-20-12-4-3-9(14)7-11(12)13(15,16)17/h3-4,7,10,18-19H,2,5-6,8H2,1H3/t10-/m0/s1. The molecule has 1 rings (SSSR count). The lowest BCUT2D eigenvalue weighted by Crippen LogP contribution is -2.36. The van der Waals surface area contributed by atoms with Crippen LogP contribution in [0.3, 0.4) is 0 Å². The maximum absolute atomic E-state index is 12.9. The molecule has 0 saturated heterocycles. The highest BCUT2D eigenvalue weighted by atomic mass is 19.4. The highest BCUT2D eigenvalue weighted by molar-refractivity contribution is 5.36. The monoisotopic (exact) mass is 295 g/mol. The minimum Gasteiger partial charge on any atom is -0.491 e. The molecule has 0 unspecified atom stereocenters. The molecule has 20 heavy (non-hydrogen) atoms. The van der Waals surface area contributed by atoms with Gasteiger partial charge in [0.15, 0.2) is 0 Å². The van der Waals surface area contributed by atoms with E-state index >= 15 is 0 Å². The molecule has 2 N–H and O–H groups in total. The Morgan fingerprint density at radius 2 is 2.05 bits per heavy atom. The van der Waals surface area contributed by atoms with Crippen molar-refractivity contribution in [3.8, 4) is 5.75 Å². The summed E-state index contributed by atoms with van der Waals surface area (Å²) in [6, 6.07) is 2.12. The second-order valence-corrected chi connectivity index (χ2v) is 4.23. The number of alkyl halides is 3. The second kappa shape index (κ2) is 7.44. The molecule has 3 nitrogen and oxygen atoms in total. The van der Waals surface area contributed by atoms with Crippen LogP contribution < -0.4 is 10.1 Å². The summed E-state index contributed by atoms with van der Waals surface area (Å²) in [4.78, 5) is 0. The number of benzene rings is 1. The first kappa shape index (κ1) is 16.7. The third-order valence-electron chi connectivity index (χ3n) is 2.72. The van der Waals surface area contributed by atoms with Crippen LogP contribution >= 0.6 is 0 Å². The van der Waals surface area contributed by atoms with Crippen LogP contribution in [-0.2, 0) is 6.18 Å². The maximum Gasteiger partial charge on any atom is 0.420 e. The first-order valence-electron chi connectivity index (χ1n) is 6.22. The number of aliphatic hydroxyl groups is 1. The van der Waals surface area contributed by atoms with E-state index in [1.807, 2.05) is 6.92 Å². The second-order valence-electron chi connectivity index (χ2n) is 4.23. The topological polar surface area (TPSA) is 41.5 Å². The smallest absolute Gasteiger partial charge is 0.420 e. The molecule has 0 fully saturated rings. The number of aliphatic hydroxyl groups excluding tert-OH is 1. The predicted octanol–water partition coefficient (Wildman–Crippen LogP) is 2.58. The van der Waals surface area contributed by atoms with Crippen LogP contribution in [0.4, 0.5) is 17.6 Å². The molecule has 0 heterocycles. The largest absolute Gasteiger partial charge is 0.491 e. The van der Waals surface area contributed by atoms with Gasteiger partial charge in [0.25, 0.3) is 0 Å². The van der Waals surface area contributed by atoms with E-state index in [-0.39, 0.29) is 19.3 Å². The molecule has 0 aliphatic carbocycles. The van der Waals surface area contributed by atoms with E-state index in [0.717, 1.165) is 12.1 Å². The lowest BCUT2D eigenvalue weighted by molar-refractivity contribution is -0.139. The summed E-state index contributed by atoms with van der Waals surface area (Å²) >= 11 is 0. The van der Waals surface area contributed by atoms with E-state index < -0.39 is 23.3 Å². The Bertz CT molecular complexity index is 423. The number of hydrogen-bond donors (Lipinski definition) is 2. The zero-order valence-corrected chi connectivity index (χ0v) is 11.0.